The Balaban J connectivity index is 2.39. The van der Waals surface area contributed by atoms with E-state index in [2.05, 4.69) is 0 Å². The predicted octanol–water partition coefficient (Wildman–Crippen LogP) is 0.963. The summed E-state index contributed by atoms with van der Waals surface area (Å²) in [6.45, 7) is 9.14. The van der Waals surface area contributed by atoms with Gasteiger partial charge in [-0.2, -0.15) is 4.31 Å². The van der Waals surface area contributed by atoms with E-state index in [0.717, 1.165) is 12.8 Å². The van der Waals surface area contributed by atoms with Gasteiger partial charge in [-0.25, -0.2) is 18.0 Å². The Morgan fingerprint density at radius 2 is 1.73 bits per heavy atom. The molecule has 1 atom stereocenters. The van der Waals surface area contributed by atoms with Crippen LogP contribution in [-0.2, 0) is 24.4 Å². The van der Waals surface area contributed by atoms with Gasteiger partial charge in [0.1, 0.15) is 6.04 Å². The van der Waals surface area contributed by atoms with Crippen molar-refractivity contribution in [3.63, 3.8) is 0 Å². The number of sulfonamides is 1. The fourth-order valence-electron chi connectivity index (χ4n) is 2.56. The van der Waals surface area contributed by atoms with Crippen LogP contribution in [0.3, 0.4) is 0 Å². The largest absolute Gasteiger partial charge is 0.447 e. The summed E-state index contributed by atoms with van der Waals surface area (Å²) in [5, 5.41) is 0. The molecule has 0 spiro atoms. The Morgan fingerprint density at radius 1 is 1.12 bits per heavy atom. The van der Waals surface area contributed by atoms with Crippen LogP contribution in [0.4, 0.5) is 4.79 Å². The van der Waals surface area contributed by atoms with Gasteiger partial charge in [-0.3, -0.25) is 4.90 Å². The van der Waals surface area contributed by atoms with E-state index in [1.54, 1.807) is 6.92 Å². The SMILES string of the molecule is CCCCOC(=O)NOC(=O)C(C)N1CCN(S(=O)(=O)CC(C)C)CC1. The van der Waals surface area contributed by atoms with Gasteiger partial charge in [0.25, 0.3) is 0 Å². The van der Waals surface area contributed by atoms with Crippen molar-refractivity contribution in [1.29, 1.82) is 0 Å². The highest BCUT2D eigenvalue weighted by molar-refractivity contribution is 7.89. The molecular weight excluding hydrogens is 362 g/mol. The maximum atomic E-state index is 12.2. The number of carbonyl (C=O) groups excluding carboxylic acids is 2. The van der Waals surface area contributed by atoms with Gasteiger partial charge in [0, 0.05) is 26.2 Å². The zero-order valence-electron chi connectivity index (χ0n) is 16.1. The van der Waals surface area contributed by atoms with E-state index in [0.29, 0.717) is 26.2 Å². The first kappa shape index (κ1) is 22.7. The lowest BCUT2D eigenvalue weighted by molar-refractivity contribution is -0.156. The maximum absolute atomic E-state index is 12.2. The monoisotopic (exact) mass is 393 g/mol. The zero-order chi connectivity index (χ0) is 19.7. The lowest BCUT2D eigenvalue weighted by atomic mass is 10.2. The summed E-state index contributed by atoms with van der Waals surface area (Å²) in [4.78, 5) is 30.0. The van der Waals surface area contributed by atoms with Crippen LogP contribution >= 0.6 is 0 Å². The first-order chi connectivity index (χ1) is 12.2. The number of nitrogens with zero attached hydrogens (tertiary/aromatic N) is 2. The van der Waals surface area contributed by atoms with Crippen molar-refractivity contribution in [2.45, 2.75) is 46.6 Å². The molecule has 1 fully saturated rings. The topological polar surface area (TPSA) is 105 Å². The highest BCUT2D eigenvalue weighted by atomic mass is 32.2. The molecule has 0 aromatic carbocycles. The van der Waals surface area contributed by atoms with Gasteiger partial charge in [0.15, 0.2) is 0 Å². The number of hydroxylamine groups is 1. The van der Waals surface area contributed by atoms with Gasteiger partial charge in [0.05, 0.1) is 12.4 Å². The van der Waals surface area contributed by atoms with Crippen LogP contribution in [0.2, 0.25) is 0 Å². The van der Waals surface area contributed by atoms with Crippen molar-refractivity contribution < 1.29 is 27.6 Å². The number of hydrogen-bond acceptors (Lipinski definition) is 7. The fraction of sp³-hybridized carbons (Fsp3) is 0.875. The van der Waals surface area contributed by atoms with Gasteiger partial charge in [0.2, 0.25) is 10.0 Å². The van der Waals surface area contributed by atoms with Crippen molar-refractivity contribution >= 4 is 22.1 Å². The first-order valence-electron chi connectivity index (χ1n) is 9.02. The number of amides is 1. The Morgan fingerprint density at radius 3 is 2.27 bits per heavy atom. The summed E-state index contributed by atoms with van der Waals surface area (Å²) < 4.78 is 30.8. The highest BCUT2D eigenvalue weighted by Gasteiger charge is 2.32. The number of hydrogen-bond donors (Lipinski definition) is 1. The van der Waals surface area contributed by atoms with E-state index in [9.17, 15) is 18.0 Å². The van der Waals surface area contributed by atoms with Crippen molar-refractivity contribution in [1.82, 2.24) is 14.7 Å². The van der Waals surface area contributed by atoms with Crippen LogP contribution in [-0.4, -0.2) is 74.3 Å². The summed E-state index contributed by atoms with van der Waals surface area (Å²) in [6.07, 6.45) is 0.827. The van der Waals surface area contributed by atoms with E-state index in [4.69, 9.17) is 9.57 Å². The molecule has 9 nitrogen and oxygen atoms in total. The summed E-state index contributed by atoms with van der Waals surface area (Å²) in [7, 11) is -3.27. The minimum atomic E-state index is -3.27. The number of carbonyl (C=O) groups is 2. The molecule has 1 amide bonds. The Labute approximate surface area is 156 Å². The average molecular weight is 394 g/mol. The zero-order valence-corrected chi connectivity index (χ0v) is 16.9. The molecule has 1 rings (SSSR count). The van der Waals surface area contributed by atoms with E-state index in [-0.39, 0.29) is 18.3 Å². The molecule has 0 aromatic rings. The molecule has 10 heteroatoms. The summed E-state index contributed by atoms with van der Waals surface area (Å²) >= 11 is 0. The van der Waals surface area contributed by atoms with Crippen molar-refractivity contribution in [2.24, 2.45) is 5.92 Å². The summed E-state index contributed by atoms with van der Waals surface area (Å²) in [5.41, 5.74) is 1.97. The van der Waals surface area contributed by atoms with Crippen LogP contribution in [0, 0.1) is 5.92 Å². The Bertz CT molecular complexity index is 558. The minimum absolute atomic E-state index is 0.0649. The second kappa shape index (κ2) is 10.7. The van der Waals surface area contributed by atoms with Crippen LogP contribution in [0.1, 0.15) is 40.5 Å². The van der Waals surface area contributed by atoms with E-state index in [1.165, 1.54) is 4.31 Å². The van der Waals surface area contributed by atoms with E-state index in [1.807, 2.05) is 31.2 Å². The molecule has 0 aliphatic carbocycles. The van der Waals surface area contributed by atoms with Gasteiger partial charge in [-0.15, -0.1) is 5.48 Å². The van der Waals surface area contributed by atoms with Crippen LogP contribution < -0.4 is 5.48 Å². The van der Waals surface area contributed by atoms with Crippen LogP contribution in [0.5, 0.6) is 0 Å². The third-order valence-electron chi connectivity index (χ3n) is 4.07. The Kier molecular flexibility index (Phi) is 9.31. The number of rotatable bonds is 8. The fourth-order valence-corrected chi connectivity index (χ4v) is 4.33. The molecule has 1 N–H and O–H groups in total. The molecule has 1 saturated heterocycles. The molecule has 26 heavy (non-hydrogen) atoms. The lowest BCUT2D eigenvalue weighted by Gasteiger charge is -2.36. The molecule has 152 valence electrons. The van der Waals surface area contributed by atoms with Gasteiger partial charge >= 0.3 is 12.1 Å². The molecule has 1 unspecified atom stereocenters. The molecule has 1 heterocycles. The Hall–Kier alpha value is -1.39. The molecule has 0 aromatic heterocycles. The van der Waals surface area contributed by atoms with Crippen molar-refractivity contribution in [3.05, 3.63) is 0 Å². The standard InChI is InChI=1S/C16H31N3O6S/c1-5-6-11-24-16(21)17-25-15(20)14(4)18-7-9-19(10-8-18)26(22,23)12-13(2)3/h13-14H,5-12H2,1-4H3,(H,17,21). The van der Waals surface area contributed by atoms with Gasteiger partial charge < -0.3 is 9.57 Å². The number of piperazine rings is 1. The molecule has 0 radical (unpaired) electrons. The minimum Gasteiger partial charge on any atom is -0.447 e. The average Bonchev–Trinajstić information content (AvgIpc) is 2.58. The van der Waals surface area contributed by atoms with Gasteiger partial charge in [-0.05, 0) is 19.3 Å². The summed E-state index contributed by atoms with van der Waals surface area (Å²) in [5.74, 6) is -0.430. The van der Waals surface area contributed by atoms with Crippen molar-refractivity contribution in [3.8, 4) is 0 Å². The molecular formula is C16H31N3O6S. The highest BCUT2D eigenvalue weighted by Crippen LogP contribution is 2.13. The molecule has 0 saturated carbocycles. The normalized spacial score (nSPS) is 17.7. The second-order valence-corrected chi connectivity index (χ2v) is 8.81. The quantitative estimate of drug-likeness (QED) is 0.484. The summed E-state index contributed by atoms with van der Waals surface area (Å²) in [6, 6.07) is -0.596. The third kappa shape index (κ3) is 7.46. The second-order valence-electron chi connectivity index (χ2n) is 6.80. The molecule has 0 bridgehead atoms. The van der Waals surface area contributed by atoms with Gasteiger partial charge in [-0.1, -0.05) is 27.2 Å². The van der Waals surface area contributed by atoms with E-state index >= 15 is 0 Å². The molecule has 1 aliphatic heterocycles. The number of unbranched alkanes of at least 4 members (excludes halogenated alkanes) is 1. The maximum Gasteiger partial charge on any atom is 0.440 e. The first-order valence-corrected chi connectivity index (χ1v) is 10.6. The number of nitrogens with one attached hydrogen (secondary N) is 1. The number of ether oxygens (including phenoxy) is 1. The van der Waals surface area contributed by atoms with Crippen LogP contribution in [0.25, 0.3) is 0 Å². The third-order valence-corrected chi connectivity index (χ3v) is 6.31. The van der Waals surface area contributed by atoms with E-state index < -0.39 is 28.1 Å². The smallest absolute Gasteiger partial charge is 0.440 e. The van der Waals surface area contributed by atoms with Crippen LogP contribution in [0.15, 0.2) is 0 Å². The predicted molar refractivity (Wildman–Crippen MR) is 96.7 cm³/mol. The molecule has 1 aliphatic rings. The lowest BCUT2D eigenvalue weighted by Crippen LogP contribution is -2.54. The van der Waals surface area contributed by atoms with Crippen molar-refractivity contribution in [2.75, 3.05) is 38.5 Å².